The lowest BCUT2D eigenvalue weighted by atomic mass is 10.1. The molecule has 0 aliphatic carbocycles. The van der Waals surface area contributed by atoms with Crippen molar-refractivity contribution in [3.05, 3.63) is 58.6 Å². The lowest BCUT2D eigenvalue weighted by Gasteiger charge is -2.07. The summed E-state index contributed by atoms with van der Waals surface area (Å²) in [7, 11) is 0. The molecule has 5 heteroatoms. The Morgan fingerprint density at radius 2 is 2.00 bits per heavy atom. The quantitative estimate of drug-likeness (QED) is 0.824. The molecular weight excluding hydrogens is 262 g/mol. The van der Waals surface area contributed by atoms with E-state index in [-0.39, 0.29) is 5.91 Å². The fourth-order valence-corrected chi connectivity index (χ4v) is 1.87. The van der Waals surface area contributed by atoms with Crippen molar-refractivity contribution in [2.24, 2.45) is 0 Å². The number of halogens is 1. The summed E-state index contributed by atoms with van der Waals surface area (Å²) in [5, 5.41) is 12.0. The van der Waals surface area contributed by atoms with Gasteiger partial charge in [-0.1, -0.05) is 23.7 Å². The van der Waals surface area contributed by atoms with Crippen LogP contribution in [-0.2, 0) is 0 Å². The van der Waals surface area contributed by atoms with E-state index >= 15 is 0 Å². The first-order valence-corrected chi connectivity index (χ1v) is 5.84. The number of anilines is 2. The number of carbonyl (C=O) groups excluding carboxylic acids is 1. The Bertz CT molecular complexity index is 656. The second-order valence-corrected chi connectivity index (χ2v) is 4.32. The van der Waals surface area contributed by atoms with Gasteiger partial charge >= 0.3 is 0 Å². The van der Waals surface area contributed by atoms with Crippen LogP contribution in [0.5, 0.6) is 0 Å². The Morgan fingerprint density at radius 3 is 2.68 bits per heavy atom. The highest BCUT2D eigenvalue weighted by atomic mass is 35.5. The van der Waals surface area contributed by atoms with Crippen LogP contribution in [0.25, 0.3) is 0 Å². The van der Waals surface area contributed by atoms with Gasteiger partial charge in [-0.2, -0.15) is 5.26 Å². The van der Waals surface area contributed by atoms with Gasteiger partial charge in [0.05, 0.1) is 11.3 Å². The van der Waals surface area contributed by atoms with Gasteiger partial charge < -0.3 is 11.1 Å². The van der Waals surface area contributed by atoms with Crippen LogP contribution in [0.3, 0.4) is 0 Å². The molecule has 0 fully saturated rings. The van der Waals surface area contributed by atoms with Crippen LogP contribution in [0.4, 0.5) is 11.4 Å². The molecule has 0 atom stereocenters. The van der Waals surface area contributed by atoms with Gasteiger partial charge in [0.15, 0.2) is 0 Å². The summed E-state index contributed by atoms with van der Waals surface area (Å²) in [6.07, 6.45) is 0. The minimum absolute atomic E-state index is 0.345. The molecule has 2 aromatic carbocycles. The number of nitrogens with two attached hydrogens (primary N) is 1. The van der Waals surface area contributed by atoms with Crippen molar-refractivity contribution in [1.29, 1.82) is 5.26 Å². The largest absolute Gasteiger partial charge is 0.399 e. The molecule has 19 heavy (non-hydrogen) atoms. The number of amides is 1. The van der Waals surface area contributed by atoms with Crippen LogP contribution in [0, 0.1) is 11.3 Å². The van der Waals surface area contributed by atoms with E-state index in [0.717, 1.165) is 0 Å². The predicted octanol–water partition coefficient (Wildman–Crippen LogP) is 3.05. The molecule has 2 rings (SSSR count). The fraction of sp³-hybridized carbons (Fsp3) is 0. The molecule has 3 N–H and O–H groups in total. The predicted molar refractivity (Wildman–Crippen MR) is 75.0 cm³/mol. The second-order valence-electron chi connectivity index (χ2n) is 3.88. The maximum absolute atomic E-state index is 12.1. The normalized spacial score (nSPS) is 9.68. The van der Waals surface area contributed by atoms with Crippen LogP contribution in [0.1, 0.15) is 15.9 Å². The minimum atomic E-state index is -0.364. The molecule has 0 spiro atoms. The van der Waals surface area contributed by atoms with Gasteiger partial charge in [-0.05, 0) is 30.3 Å². The maximum Gasteiger partial charge on any atom is 0.255 e. The Morgan fingerprint density at radius 1 is 1.26 bits per heavy atom. The van der Waals surface area contributed by atoms with Gasteiger partial charge in [0, 0.05) is 16.3 Å². The van der Waals surface area contributed by atoms with Gasteiger partial charge in [-0.3, -0.25) is 4.79 Å². The molecule has 0 radical (unpaired) electrons. The van der Waals surface area contributed by atoms with Gasteiger partial charge in [-0.25, -0.2) is 0 Å². The van der Waals surface area contributed by atoms with E-state index in [1.165, 1.54) is 12.1 Å². The molecule has 2 aromatic rings. The number of nitrogen functional groups attached to an aromatic ring is 1. The van der Waals surface area contributed by atoms with Crippen molar-refractivity contribution in [3.8, 4) is 6.07 Å². The zero-order chi connectivity index (χ0) is 13.8. The van der Waals surface area contributed by atoms with E-state index in [4.69, 9.17) is 22.6 Å². The number of rotatable bonds is 2. The minimum Gasteiger partial charge on any atom is -0.399 e. The third kappa shape index (κ3) is 3.03. The topological polar surface area (TPSA) is 78.9 Å². The van der Waals surface area contributed by atoms with Crippen LogP contribution >= 0.6 is 11.6 Å². The number of nitrogens with zero attached hydrogens (tertiary/aromatic N) is 1. The van der Waals surface area contributed by atoms with Gasteiger partial charge in [-0.15, -0.1) is 0 Å². The van der Waals surface area contributed by atoms with Crippen LogP contribution < -0.4 is 11.1 Å². The van der Waals surface area contributed by atoms with E-state index in [1.807, 2.05) is 6.07 Å². The van der Waals surface area contributed by atoms with E-state index in [0.29, 0.717) is 27.5 Å². The highest BCUT2D eigenvalue weighted by Gasteiger charge is 2.10. The zero-order valence-corrected chi connectivity index (χ0v) is 10.6. The lowest BCUT2D eigenvalue weighted by Crippen LogP contribution is -2.13. The zero-order valence-electron chi connectivity index (χ0n) is 9.85. The number of hydrogen-bond donors (Lipinski definition) is 2. The summed E-state index contributed by atoms with van der Waals surface area (Å²) in [5.41, 5.74) is 7.23. The molecule has 0 aromatic heterocycles. The highest BCUT2D eigenvalue weighted by molar-refractivity contribution is 6.31. The first-order chi connectivity index (χ1) is 9.10. The van der Waals surface area contributed by atoms with Crippen molar-refractivity contribution in [1.82, 2.24) is 0 Å². The molecule has 0 saturated heterocycles. The second kappa shape index (κ2) is 5.42. The average Bonchev–Trinajstić information content (AvgIpc) is 2.38. The molecule has 0 aliphatic rings. The van der Waals surface area contributed by atoms with Crippen molar-refractivity contribution >= 4 is 28.9 Å². The monoisotopic (exact) mass is 271 g/mol. The number of nitriles is 1. The summed E-state index contributed by atoms with van der Waals surface area (Å²) in [6, 6.07) is 13.4. The Balaban J connectivity index is 2.29. The van der Waals surface area contributed by atoms with Crippen molar-refractivity contribution in [2.75, 3.05) is 11.1 Å². The van der Waals surface area contributed by atoms with Crippen LogP contribution in [-0.4, -0.2) is 5.91 Å². The maximum atomic E-state index is 12.1. The molecular formula is C14H10ClN3O. The summed E-state index contributed by atoms with van der Waals surface area (Å²) in [6.45, 7) is 0. The molecule has 0 bridgehead atoms. The Hall–Kier alpha value is -2.51. The highest BCUT2D eigenvalue weighted by Crippen LogP contribution is 2.19. The lowest BCUT2D eigenvalue weighted by molar-refractivity contribution is 0.102. The summed E-state index contributed by atoms with van der Waals surface area (Å²) in [4.78, 5) is 12.1. The van der Waals surface area contributed by atoms with E-state index < -0.39 is 0 Å². The third-order valence-electron chi connectivity index (χ3n) is 2.48. The van der Waals surface area contributed by atoms with Crippen LogP contribution in [0.15, 0.2) is 42.5 Å². The fourth-order valence-electron chi connectivity index (χ4n) is 1.63. The Kier molecular flexibility index (Phi) is 3.69. The first kappa shape index (κ1) is 12.9. The first-order valence-electron chi connectivity index (χ1n) is 5.46. The van der Waals surface area contributed by atoms with Crippen molar-refractivity contribution in [3.63, 3.8) is 0 Å². The van der Waals surface area contributed by atoms with Gasteiger partial charge in [0.25, 0.3) is 5.91 Å². The van der Waals surface area contributed by atoms with Crippen molar-refractivity contribution in [2.45, 2.75) is 0 Å². The number of para-hydroxylation sites is 1. The average molecular weight is 272 g/mol. The standard InChI is InChI=1S/C14H10ClN3O/c15-11-5-10(6-12(17)7-11)14(19)18-13-4-2-1-3-9(13)8-16/h1-7H,17H2,(H,18,19). The summed E-state index contributed by atoms with van der Waals surface area (Å²) < 4.78 is 0. The number of carbonyl (C=O) groups is 1. The number of benzene rings is 2. The molecule has 0 saturated carbocycles. The Labute approximate surface area is 115 Å². The molecule has 4 nitrogen and oxygen atoms in total. The van der Waals surface area contributed by atoms with Crippen molar-refractivity contribution < 1.29 is 4.79 Å². The molecule has 94 valence electrons. The van der Waals surface area contributed by atoms with Crippen LogP contribution in [0.2, 0.25) is 5.02 Å². The molecule has 0 unspecified atom stereocenters. The smallest absolute Gasteiger partial charge is 0.255 e. The third-order valence-corrected chi connectivity index (χ3v) is 2.70. The van der Waals surface area contributed by atoms with E-state index in [9.17, 15) is 4.79 Å². The molecule has 1 amide bonds. The van der Waals surface area contributed by atoms with Gasteiger partial charge in [0.1, 0.15) is 6.07 Å². The van der Waals surface area contributed by atoms with E-state index in [2.05, 4.69) is 5.32 Å². The molecule has 0 aliphatic heterocycles. The number of nitrogens with one attached hydrogen (secondary N) is 1. The van der Waals surface area contributed by atoms with E-state index in [1.54, 1.807) is 30.3 Å². The SMILES string of the molecule is N#Cc1ccccc1NC(=O)c1cc(N)cc(Cl)c1. The number of hydrogen-bond acceptors (Lipinski definition) is 3. The van der Waals surface area contributed by atoms with Gasteiger partial charge in [0.2, 0.25) is 0 Å². The summed E-state index contributed by atoms with van der Waals surface area (Å²) >= 11 is 5.84. The molecule has 0 heterocycles. The summed E-state index contributed by atoms with van der Waals surface area (Å²) in [5.74, 6) is -0.364.